The fourth-order valence-electron chi connectivity index (χ4n) is 1.23. The van der Waals surface area contributed by atoms with Gasteiger partial charge in [-0.3, -0.25) is 14.8 Å². The van der Waals surface area contributed by atoms with Crippen LogP contribution in [0.5, 0.6) is 0 Å². The van der Waals surface area contributed by atoms with Gasteiger partial charge in [-0.05, 0) is 20.8 Å². The molecule has 0 bridgehead atoms. The average molecular weight is 310 g/mol. The van der Waals surface area contributed by atoms with E-state index in [1.54, 1.807) is 0 Å². The number of carbonyl (C=O) groups is 2. The third kappa shape index (κ3) is 5.90. The molecule has 0 spiro atoms. The highest BCUT2D eigenvalue weighted by Crippen LogP contribution is 2.06. The van der Waals surface area contributed by atoms with E-state index in [4.69, 9.17) is 5.11 Å². The number of aromatic nitrogens is 2. The molecule has 0 fully saturated rings. The fraction of sp³-hybridized carbons (Fsp3) is 0.462. The van der Waals surface area contributed by atoms with Gasteiger partial charge in [0.15, 0.2) is 0 Å². The highest BCUT2D eigenvalue weighted by molar-refractivity contribution is 7.80. The number of nitrogens with zero attached hydrogens (tertiary/aromatic N) is 3. The van der Waals surface area contributed by atoms with Gasteiger partial charge in [0, 0.05) is 12.0 Å². The van der Waals surface area contributed by atoms with E-state index in [-0.39, 0.29) is 17.0 Å². The van der Waals surface area contributed by atoms with Gasteiger partial charge in [-0.1, -0.05) is 0 Å². The Morgan fingerprint density at radius 1 is 1.48 bits per heavy atom. The van der Waals surface area contributed by atoms with Crippen LogP contribution in [0, 0.1) is 0 Å². The Kier molecular flexibility index (Phi) is 5.83. The number of thiol groups is 1. The zero-order valence-electron chi connectivity index (χ0n) is 12.1. The third-order valence-corrected chi connectivity index (χ3v) is 2.62. The molecular formula is C13H18N4O3S. The van der Waals surface area contributed by atoms with Crippen molar-refractivity contribution in [2.75, 3.05) is 5.75 Å². The summed E-state index contributed by atoms with van der Waals surface area (Å²) in [5.41, 5.74) is 0.191. The van der Waals surface area contributed by atoms with E-state index >= 15 is 0 Å². The maximum atomic E-state index is 11.9. The molecule has 1 atom stereocenters. The Hall–Kier alpha value is -1.96. The van der Waals surface area contributed by atoms with Crippen LogP contribution in [-0.2, 0) is 4.79 Å². The van der Waals surface area contributed by atoms with Crippen LogP contribution in [0.4, 0.5) is 0 Å². The van der Waals surface area contributed by atoms with Crippen LogP contribution in [-0.4, -0.2) is 50.5 Å². The molecule has 0 aliphatic heterocycles. The third-order valence-electron chi connectivity index (χ3n) is 2.26. The molecular weight excluding hydrogens is 292 g/mol. The van der Waals surface area contributed by atoms with E-state index in [1.807, 2.05) is 20.8 Å². The number of carbonyl (C=O) groups excluding carboxylic acids is 1. The minimum absolute atomic E-state index is 0.0142. The van der Waals surface area contributed by atoms with E-state index < -0.39 is 17.9 Å². The van der Waals surface area contributed by atoms with Crippen LogP contribution < -0.4 is 5.32 Å². The number of carboxylic acid groups (broad SMARTS) is 1. The van der Waals surface area contributed by atoms with Crippen molar-refractivity contribution >= 4 is 30.7 Å². The molecule has 1 heterocycles. The average Bonchev–Trinajstić information content (AvgIpc) is 2.41. The van der Waals surface area contributed by atoms with Gasteiger partial charge in [0.2, 0.25) is 0 Å². The fourth-order valence-corrected chi connectivity index (χ4v) is 1.48. The van der Waals surface area contributed by atoms with Crippen LogP contribution in [0.1, 0.15) is 37.0 Å². The number of hydrogen-bond acceptors (Lipinski definition) is 6. The highest BCUT2D eigenvalue weighted by atomic mass is 32.1. The summed E-state index contributed by atoms with van der Waals surface area (Å²) in [7, 11) is 0. The normalized spacial score (nSPS) is 13.1. The lowest BCUT2D eigenvalue weighted by molar-refractivity contribution is -0.138. The molecule has 0 aliphatic rings. The molecule has 1 rings (SSSR count). The van der Waals surface area contributed by atoms with Crippen molar-refractivity contribution in [2.24, 2.45) is 4.99 Å². The van der Waals surface area contributed by atoms with Crippen LogP contribution in [0.15, 0.2) is 17.4 Å². The van der Waals surface area contributed by atoms with Gasteiger partial charge in [0.05, 0.1) is 17.9 Å². The smallest absolute Gasteiger partial charge is 0.327 e. The molecule has 8 heteroatoms. The molecule has 0 aliphatic carbocycles. The number of nitrogens with one attached hydrogen (secondary N) is 1. The van der Waals surface area contributed by atoms with Gasteiger partial charge < -0.3 is 10.4 Å². The summed E-state index contributed by atoms with van der Waals surface area (Å²) in [4.78, 5) is 35.0. The molecule has 7 nitrogen and oxygen atoms in total. The number of amides is 1. The van der Waals surface area contributed by atoms with Crippen molar-refractivity contribution in [3.8, 4) is 0 Å². The van der Waals surface area contributed by atoms with Crippen molar-refractivity contribution < 1.29 is 14.7 Å². The van der Waals surface area contributed by atoms with E-state index in [0.717, 1.165) is 0 Å². The molecule has 1 amide bonds. The first-order chi connectivity index (χ1) is 9.73. The highest BCUT2D eigenvalue weighted by Gasteiger charge is 2.20. The van der Waals surface area contributed by atoms with E-state index in [2.05, 4.69) is 32.9 Å². The first kappa shape index (κ1) is 17.1. The zero-order valence-corrected chi connectivity index (χ0v) is 13.0. The van der Waals surface area contributed by atoms with Crippen molar-refractivity contribution in [3.05, 3.63) is 23.8 Å². The largest absolute Gasteiger partial charge is 0.480 e. The number of aliphatic carboxylic acids is 1. The number of rotatable bonds is 5. The SMILES string of the molecule is CC(C)(C)/N=C\c1cncc(C(=O)NC(CS)C(=O)O)n1. The second-order valence-corrected chi connectivity index (χ2v) is 5.67. The summed E-state index contributed by atoms with van der Waals surface area (Å²) in [5.74, 6) is -1.79. The summed E-state index contributed by atoms with van der Waals surface area (Å²) in [6, 6.07) is -1.07. The molecule has 0 aromatic carbocycles. The topological polar surface area (TPSA) is 105 Å². The maximum Gasteiger partial charge on any atom is 0.327 e. The quantitative estimate of drug-likeness (QED) is 0.551. The first-order valence-corrected chi connectivity index (χ1v) is 6.88. The molecule has 0 radical (unpaired) electrons. The Morgan fingerprint density at radius 2 is 2.14 bits per heavy atom. The summed E-state index contributed by atoms with van der Waals surface area (Å²) in [6.45, 7) is 5.78. The summed E-state index contributed by atoms with van der Waals surface area (Å²) in [5, 5.41) is 11.2. The predicted molar refractivity (Wildman–Crippen MR) is 82.1 cm³/mol. The van der Waals surface area contributed by atoms with Crippen molar-refractivity contribution in [3.63, 3.8) is 0 Å². The maximum absolute atomic E-state index is 11.9. The van der Waals surface area contributed by atoms with Crippen LogP contribution in [0.25, 0.3) is 0 Å². The number of hydrogen-bond donors (Lipinski definition) is 3. The summed E-state index contributed by atoms with van der Waals surface area (Å²) >= 11 is 3.87. The lowest BCUT2D eigenvalue weighted by Gasteiger charge is -2.12. The second-order valence-electron chi connectivity index (χ2n) is 5.31. The molecule has 21 heavy (non-hydrogen) atoms. The lowest BCUT2D eigenvalue weighted by Crippen LogP contribution is -2.42. The van der Waals surface area contributed by atoms with Crippen molar-refractivity contribution in [1.29, 1.82) is 0 Å². The van der Waals surface area contributed by atoms with Gasteiger partial charge in [-0.2, -0.15) is 12.6 Å². The predicted octanol–water partition coefficient (Wildman–Crippen LogP) is 0.807. The van der Waals surface area contributed by atoms with Crippen LogP contribution in [0.3, 0.4) is 0 Å². The van der Waals surface area contributed by atoms with E-state index in [9.17, 15) is 9.59 Å². The lowest BCUT2D eigenvalue weighted by atomic mass is 10.1. The molecule has 0 saturated heterocycles. The zero-order chi connectivity index (χ0) is 16.0. The van der Waals surface area contributed by atoms with Crippen molar-refractivity contribution in [1.82, 2.24) is 15.3 Å². The van der Waals surface area contributed by atoms with Gasteiger partial charge in [-0.15, -0.1) is 0 Å². The van der Waals surface area contributed by atoms with Crippen molar-refractivity contribution in [2.45, 2.75) is 32.4 Å². The Balaban J connectivity index is 2.87. The molecule has 114 valence electrons. The van der Waals surface area contributed by atoms with Gasteiger partial charge in [-0.25, -0.2) is 9.78 Å². The molecule has 2 N–H and O–H groups in total. The molecule has 1 aromatic rings. The van der Waals surface area contributed by atoms with Crippen LogP contribution in [0.2, 0.25) is 0 Å². The van der Waals surface area contributed by atoms with Crippen LogP contribution >= 0.6 is 12.6 Å². The molecule has 1 aromatic heterocycles. The number of carboxylic acids is 1. The van der Waals surface area contributed by atoms with E-state index in [0.29, 0.717) is 5.69 Å². The van der Waals surface area contributed by atoms with Gasteiger partial charge in [0.25, 0.3) is 5.91 Å². The Labute approximate surface area is 128 Å². The summed E-state index contributed by atoms with van der Waals surface area (Å²) < 4.78 is 0. The monoisotopic (exact) mass is 310 g/mol. The first-order valence-electron chi connectivity index (χ1n) is 6.25. The van der Waals surface area contributed by atoms with E-state index in [1.165, 1.54) is 18.6 Å². The number of aliphatic imine (C=N–C) groups is 1. The Morgan fingerprint density at radius 3 is 2.67 bits per heavy atom. The minimum atomic E-state index is -1.16. The molecule has 1 unspecified atom stereocenters. The standard InChI is InChI=1S/C13H18N4O3S/c1-13(2,3)15-5-8-4-14-6-9(16-8)11(18)17-10(7-21)12(19)20/h4-6,10,21H,7H2,1-3H3,(H,17,18)(H,19,20)/b15-5-. The Bertz CT molecular complexity index is 555. The summed E-state index contributed by atoms with van der Waals surface area (Å²) in [6.07, 6.45) is 4.26. The molecule has 0 saturated carbocycles. The second kappa shape index (κ2) is 7.16. The van der Waals surface area contributed by atoms with Gasteiger partial charge >= 0.3 is 5.97 Å². The van der Waals surface area contributed by atoms with Gasteiger partial charge in [0.1, 0.15) is 17.4 Å². The minimum Gasteiger partial charge on any atom is -0.480 e.